The summed E-state index contributed by atoms with van der Waals surface area (Å²) in [4.78, 5) is 2.19. The summed E-state index contributed by atoms with van der Waals surface area (Å²) in [6, 6.07) is 12.2. The van der Waals surface area contributed by atoms with Gasteiger partial charge in [-0.1, -0.05) is 29.8 Å². The number of rotatable bonds is 5. The highest BCUT2D eigenvalue weighted by Crippen LogP contribution is 2.12. The molecule has 0 aliphatic heterocycles. The SMILES string of the molecule is Cc1cccc(CN(C)Cc2ccc(CO)o2)c1. The molecule has 96 valence electrons. The van der Waals surface area contributed by atoms with Crippen molar-refractivity contribution in [3.8, 4) is 0 Å². The molecule has 0 spiro atoms. The van der Waals surface area contributed by atoms with Crippen molar-refractivity contribution in [1.82, 2.24) is 4.90 Å². The monoisotopic (exact) mass is 245 g/mol. The first-order valence-corrected chi connectivity index (χ1v) is 6.10. The Morgan fingerprint density at radius 3 is 2.56 bits per heavy atom. The third kappa shape index (κ3) is 3.45. The predicted molar refractivity (Wildman–Crippen MR) is 71.0 cm³/mol. The van der Waals surface area contributed by atoms with Crippen LogP contribution in [0.2, 0.25) is 0 Å². The van der Waals surface area contributed by atoms with E-state index in [-0.39, 0.29) is 6.61 Å². The molecule has 0 saturated carbocycles. The minimum Gasteiger partial charge on any atom is -0.462 e. The highest BCUT2D eigenvalue weighted by Gasteiger charge is 2.06. The highest BCUT2D eigenvalue weighted by atomic mass is 16.4. The van der Waals surface area contributed by atoms with Crippen LogP contribution in [0.1, 0.15) is 22.6 Å². The maximum atomic E-state index is 8.94. The predicted octanol–water partition coefficient (Wildman–Crippen LogP) is 2.71. The van der Waals surface area contributed by atoms with E-state index >= 15 is 0 Å². The van der Waals surface area contributed by atoms with Crippen LogP contribution in [0.15, 0.2) is 40.8 Å². The summed E-state index contributed by atoms with van der Waals surface area (Å²) in [6.07, 6.45) is 0. The van der Waals surface area contributed by atoms with E-state index in [1.165, 1.54) is 11.1 Å². The van der Waals surface area contributed by atoms with Crippen LogP contribution < -0.4 is 0 Å². The number of nitrogens with zero attached hydrogens (tertiary/aromatic N) is 1. The van der Waals surface area contributed by atoms with Gasteiger partial charge >= 0.3 is 0 Å². The lowest BCUT2D eigenvalue weighted by molar-refractivity contribution is 0.231. The molecule has 3 nitrogen and oxygen atoms in total. The molecule has 18 heavy (non-hydrogen) atoms. The lowest BCUT2D eigenvalue weighted by Gasteiger charge is -2.15. The summed E-state index contributed by atoms with van der Waals surface area (Å²) in [7, 11) is 2.06. The highest BCUT2D eigenvalue weighted by molar-refractivity contribution is 5.22. The standard InChI is InChI=1S/C15H19NO2/c1-12-4-3-5-13(8-12)9-16(2)10-14-6-7-15(11-17)18-14/h3-8,17H,9-11H2,1-2H3. The van der Waals surface area contributed by atoms with Crippen molar-refractivity contribution < 1.29 is 9.52 Å². The number of aliphatic hydroxyl groups excluding tert-OH is 1. The molecule has 0 aliphatic carbocycles. The van der Waals surface area contributed by atoms with Crippen LogP contribution in [0.4, 0.5) is 0 Å². The summed E-state index contributed by atoms with van der Waals surface area (Å²) in [6.45, 7) is 3.69. The van der Waals surface area contributed by atoms with E-state index < -0.39 is 0 Å². The maximum Gasteiger partial charge on any atom is 0.129 e. The molecule has 0 radical (unpaired) electrons. The first-order chi connectivity index (χ1) is 8.67. The molecule has 1 N–H and O–H groups in total. The maximum absolute atomic E-state index is 8.94. The Hall–Kier alpha value is -1.58. The third-order valence-electron chi connectivity index (χ3n) is 2.83. The van der Waals surface area contributed by atoms with Crippen LogP contribution in [0.25, 0.3) is 0 Å². The van der Waals surface area contributed by atoms with E-state index in [2.05, 4.69) is 43.1 Å². The van der Waals surface area contributed by atoms with Crippen LogP contribution in [-0.4, -0.2) is 17.1 Å². The van der Waals surface area contributed by atoms with Crippen molar-refractivity contribution in [2.24, 2.45) is 0 Å². The van der Waals surface area contributed by atoms with Crippen LogP contribution in [0.3, 0.4) is 0 Å². The van der Waals surface area contributed by atoms with Gasteiger partial charge in [-0.3, -0.25) is 4.90 Å². The van der Waals surface area contributed by atoms with Crippen molar-refractivity contribution in [3.05, 3.63) is 59.0 Å². The molecule has 1 aromatic heterocycles. The summed E-state index contributed by atoms with van der Waals surface area (Å²) >= 11 is 0. The Labute approximate surface area is 108 Å². The lowest BCUT2D eigenvalue weighted by atomic mass is 10.1. The fraction of sp³-hybridized carbons (Fsp3) is 0.333. The van der Waals surface area contributed by atoms with Gasteiger partial charge in [-0.15, -0.1) is 0 Å². The lowest BCUT2D eigenvalue weighted by Crippen LogP contribution is -2.16. The van der Waals surface area contributed by atoms with Crippen LogP contribution in [-0.2, 0) is 19.7 Å². The topological polar surface area (TPSA) is 36.6 Å². The number of benzene rings is 1. The summed E-state index contributed by atoms with van der Waals surface area (Å²) in [5.74, 6) is 1.50. The zero-order valence-corrected chi connectivity index (χ0v) is 10.9. The van der Waals surface area contributed by atoms with Crippen molar-refractivity contribution in [1.29, 1.82) is 0 Å². The van der Waals surface area contributed by atoms with Crippen molar-refractivity contribution in [2.75, 3.05) is 7.05 Å². The van der Waals surface area contributed by atoms with Crippen molar-refractivity contribution in [3.63, 3.8) is 0 Å². The Kier molecular flexibility index (Phi) is 4.18. The fourth-order valence-electron chi connectivity index (χ4n) is 2.04. The Balaban J connectivity index is 1.94. The van der Waals surface area contributed by atoms with Gasteiger partial charge < -0.3 is 9.52 Å². The van der Waals surface area contributed by atoms with Crippen molar-refractivity contribution in [2.45, 2.75) is 26.6 Å². The minimum atomic E-state index is -0.0401. The van der Waals surface area contributed by atoms with Crippen molar-refractivity contribution >= 4 is 0 Å². The molecule has 0 atom stereocenters. The van der Waals surface area contributed by atoms with Gasteiger partial charge in [-0.25, -0.2) is 0 Å². The van der Waals surface area contributed by atoms with Gasteiger partial charge in [0.05, 0.1) is 6.54 Å². The van der Waals surface area contributed by atoms with E-state index in [0.29, 0.717) is 5.76 Å². The molecule has 0 bridgehead atoms. The smallest absolute Gasteiger partial charge is 0.129 e. The zero-order valence-electron chi connectivity index (χ0n) is 10.9. The molecule has 0 unspecified atom stereocenters. The van der Waals surface area contributed by atoms with Gasteiger partial charge in [-0.05, 0) is 31.7 Å². The molecule has 3 heteroatoms. The molecule has 1 heterocycles. The zero-order chi connectivity index (χ0) is 13.0. The Morgan fingerprint density at radius 1 is 1.11 bits per heavy atom. The summed E-state index contributed by atoms with van der Waals surface area (Å²) < 4.78 is 5.47. The number of furan rings is 1. The Bertz CT molecular complexity index is 505. The first kappa shape index (κ1) is 12.9. The average molecular weight is 245 g/mol. The van der Waals surface area contributed by atoms with Crippen LogP contribution >= 0.6 is 0 Å². The van der Waals surface area contributed by atoms with Gasteiger partial charge in [0.1, 0.15) is 18.1 Å². The van der Waals surface area contributed by atoms with E-state index in [1.54, 1.807) is 0 Å². The molecule has 0 fully saturated rings. The van der Waals surface area contributed by atoms with Gasteiger partial charge in [0.15, 0.2) is 0 Å². The molecule has 2 aromatic rings. The summed E-state index contributed by atoms with van der Waals surface area (Å²) in [5.41, 5.74) is 2.58. The van der Waals surface area contributed by atoms with E-state index in [1.807, 2.05) is 12.1 Å². The van der Waals surface area contributed by atoms with E-state index in [9.17, 15) is 0 Å². The number of hydrogen-bond donors (Lipinski definition) is 1. The van der Waals surface area contributed by atoms with Crippen LogP contribution in [0, 0.1) is 6.92 Å². The largest absolute Gasteiger partial charge is 0.462 e. The number of aryl methyl sites for hydroxylation is 1. The normalized spacial score (nSPS) is 11.1. The molecule has 0 saturated heterocycles. The second kappa shape index (κ2) is 5.85. The molecule has 0 amide bonds. The van der Waals surface area contributed by atoms with E-state index in [4.69, 9.17) is 9.52 Å². The van der Waals surface area contributed by atoms with Crippen LogP contribution in [0.5, 0.6) is 0 Å². The number of aliphatic hydroxyl groups is 1. The molecular weight excluding hydrogens is 226 g/mol. The first-order valence-electron chi connectivity index (χ1n) is 6.10. The summed E-state index contributed by atoms with van der Waals surface area (Å²) in [5, 5.41) is 8.94. The van der Waals surface area contributed by atoms with Gasteiger partial charge in [0, 0.05) is 6.54 Å². The quantitative estimate of drug-likeness (QED) is 0.880. The molecular formula is C15H19NO2. The van der Waals surface area contributed by atoms with E-state index in [0.717, 1.165) is 18.8 Å². The van der Waals surface area contributed by atoms with Gasteiger partial charge in [-0.2, -0.15) is 0 Å². The van der Waals surface area contributed by atoms with Gasteiger partial charge in [0.25, 0.3) is 0 Å². The van der Waals surface area contributed by atoms with Gasteiger partial charge in [0.2, 0.25) is 0 Å². The minimum absolute atomic E-state index is 0.0401. The second-order valence-electron chi connectivity index (χ2n) is 4.69. The fourth-order valence-corrected chi connectivity index (χ4v) is 2.04. The Morgan fingerprint density at radius 2 is 1.89 bits per heavy atom. The molecule has 2 rings (SSSR count). The number of hydrogen-bond acceptors (Lipinski definition) is 3. The average Bonchev–Trinajstić information content (AvgIpc) is 2.76. The molecule has 0 aliphatic rings. The third-order valence-corrected chi connectivity index (χ3v) is 2.83. The second-order valence-corrected chi connectivity index (χ2v) is 4.69. The molecule has 1 aromatic carbocycles.